The van der Waals surface area contributed by atoms with Crippen LogP contribution in [0.1, 0.15) is 37.7 Å². The summed E-state index contributed by atoms with van der Waals surface area (Å²) >= 11 is 0. The van der Waals surface area contributed by atoms with Crippen molar-refractivity contribution in [3.63, 3.8) is 0 Å². The quantitative estimate of drug-likeness (QED) is 0.834. The highest BCUT2D eigenvalue weighted by Crippen LogP contribution is 2.46. The minimum Gasteiger partial charge on any atom is -0.448 e. The molecule has 2 aromatic rings. The topological polar surface area (TPSA) is 50.8 Å². The number of halogens is 1. The van der Waals surface area contributed by atoms with Gasteiger partial charge in [0.25, 0.3) is 5.79 Å². The minimum atomic E-state index is -0.515. The summed E-state index contributed by atoms with van der Waals surface area (Å²) in [5.41, 5.74) is 1.65. The molecule has 1 spiro atoms. The molecule has 0 radical (unpaired) electrons. The van der Waals surface area contributed by atoms with Gasteiger partial charge in [-0.2, -0.15) is 0 Å². The van der Waals surface area contributed by atoms with Crippen molar-refractivity contribution in [2.45, 2.75) is 44.4 Å². The van der Waals surface area contributed by atoms with Gasteiger partial charge in [0.15, 0.2) is 11.5 Å². The zero-order chi connectivity index (χ0) is 19.6. The summed E-state index contributed by atoms with van der Waals surface area (Å²) < 4.78 is 25.2. The van der Waals surface area contributed by atoms with Crippen molar-refractivity contribution >= 4 is 11.6 Å². The lowest BCUT2D eigenvalue weighted by Crippen LogP contribution is -2.40. The molecule has 1 aliphatic heterocycles. The van der Waals surface area contributed by atoms with Gasteiger partial charge in [0.2, 0.25) is 5.91 Å². The fourth-order valence-electron chi connectivity index (χ4n) is 3.87. The van der Waals surface area contributed by atoms with E-state index in [0.717, 1.165) is 37.0 Å². The molecule has 1 amide bonds. The Morgan fingerprint density at radius 3 is 2.54 bits per heavy atom. The number of ether oxygens (including phenoxy) is 2. The predicted octanol–water partition coefficient (Wildman–Crippen LogP) is 4.33. The average molecular weight is 384 g/mol. The van der Waals surface area contributed by atoms with Crippen LogP contribution < -0.4 is 14.8 Å². The van der Waals surface area contributed by atoms with Crippen LogP contribution in [0, 0.1) is 5.82 Å². The monoisotopic (exact) mass is 384 g/mol. The maximum atomic E-state index is 13.0. The smallest absolute Gasteiger partial charge is 0.251 e. The molecule has 0 bridgehead atoms. The summed E-state index contributed by atoms with van der Waals surface area (Å²) in [5, 5.41) is 2.91. The molecule has 0 saturated heterocycles. The van der Waals surface area contributed by atoms with Crippen LogP contribution in [0.3, 0.4) is 0 Å². The van der Waals surface area contributed by atoms with E-state index in [2.05, 4.69) is 5.32 Å². The summed E-state index contributed by atoms with van der Waals surface area (Å²) in [4.78, 5) is 14.3. The van der Waals surface area contributed by atoms with Gasteiger partial charge in [0, 0.05) is 31.1 Å². The molecule has 0 aromatic heterocycles. The average Bonchev–Trinajstić information content (AvgIpc) is 3.00. The molecule has 2 aliphatic rings. The van der Waals surface area contributed by atoms with Crippen molar-refractivity contribution in [3.05, 3.63) is 53.8 Å². The summed E-state index contributed by atoms with van der Waals surface area (Å²) in [6.45, 7) is 0.799. The van der Waals surface area contributed by atoms with Crippen LogP contribution in [-0.4, -0.2) is 30.2 Å². The second kappa shape index (κ2) is 7.80. The van der Waals surface area contributed by atoms with Crippen LogP contribution in [0.2, 0.25) is 0 Å². The van der Waals surface area contributed by atoms with Gasteiger partial charge in [-0.25, -0.2) is 4.39 Å². The van der Waals surface area contributed by atoms with Crippen LogP contribution in [0.25, 0.3) is 0 Å². The van der Waals surface area contributed by atoms with Crippen molar-refractivity contribution in [3.8, 4) is 11.5 Å². The molecule has 5 nitrogen and oxygen atoms in total. The summed E-state index contributed by atoms with van der Waals surface area (Å²) in [6.07, 6.45) is 5.24. The number of likely N-dealkylation sites (N-methyl/N-ethyl adjacent to an activating group) is 1. The Hall–Kier alpha value is -2.60. The SMILES string of the molecule is CN(CC(=O)Nc1ccc2c(c1)OC1(CCCCC1)O2)Cc1ccc(F)cc1. The van der Waals surface area contributed by atoms with E-state index in [1.54, 1.807) is 12.1 Å². The molecular weight excluding hydrogens is 359 g/mol. The fraction of sp³-hybridized carbons (Fsp3) is 0.409. The molecule has 1 aliphatic carbocycles. The minimum absolute atomic E-state index is 0.115. The van der Waals surface area contributed by atoms with Crippen molar-refractivity contribution < 1.29 is 18.7 Å². The molecule has 28 heavy (non-hydrogen) atoms. The van der Waals surface area contributed by atoms with Gasteiger partial charge in [-0.15, -0.1) is 0 Å². The molecule has 1 saturated carbocycles. The third-order valence-electron chi connectivity index (χ3n) is 5.21. The number of hydrogen-bond acceptors (Lipinski definition) is 4. The van der Waals surface area contributed by atoms with E-state index in [-0.39, 0.29) is 18.3 Å². The number of carbonyl (C=O) groups is 1. The number of carbonyl (C=O) groups excluding carboxylic acids is 1. The summed E-state index contributed by atoms with van der Waals surface area (Å²) in [7, 11) is 1.86. The highest BCUT2D eigenvalue weighted by atomic mass is 19.1. The molecule has 0 atom stereocenters. The first-order valence-corrected chi connectivity index (χ1v) is 9.76. The van der Waals surface area contributed by atoms with Gasteiger partial charge < -0.3 is 14.8 Å². The molecule has 0 unspecified atom stereocenters. The molecule has 1 fully saturated rings. The standard InChI is InChI=1S/C22H25FN2O3/c1-25(14-16-5-7-17(23)8-6-16)15-21(26)24-18-9-10-19-20(13-18)28-22(27-19)11-3-2-4-12-22/h5-10,13H,2-4,11-12,14-15H2,1H3,(H,24,26). The molecule has 1 N–H and O–H groups in total. The number of nitrogens with zero attached hydrogens (tertiary/aromatic N) is 1. The Balaban J connectivity index is 1.33. The number of rotatable bonds is 5. The van der Waals surface area contributed by atoms with Gasteiger partial charge in [0.05, 0.1) is 6.54 Å². The van der Waals surface area contributed by atoms with E-state index < -0.39 is 5.79 Å². The summed E-state index contributed by atoms with van der Waals surface area (Å²) in [5.74, 6) is 0.545. The van der Waals surface area contributed by atoms with Crippen molar-refractivity contribution in [2.24, 2.45) is 0 Å². The van der Waals surface area contributed by atoms with Crippen LogP contribution in [0.5, 0.6) is 11.5 Å². The fourth-order valence-corrected chi connectivity index (χ4v) is 3.87. The number of amides is 1. The van der Waals surface area contributed by atoms with Gasteiger partial charge in [-0.05, 0) is 49.7 Å². The van der Waals surface area contributed by atoms with Gasteiger partial charge in [-0.3, -0.25) is 9.69 Å². The highest BCUT2D eigenvalue weighted by Gasteiger charge is 2.42. The maximum Gasteiger partial charge on any atom is 0.251 e. The molecule has 6 heteroatoms. The number of benzene rings is 2. The molecule has 148 valence electrons. The zero-order valence-corrected chi connectivity index (χ0v) is 16.0. The number of anilines is 1. The van der Waals surface area contributed by atoms with E-state index in [1.807, 2.05) is 30.1 Å². The number of hydrogen-bond donors (Lipinski definition) is 1. The van der Waals surface area contributed by atoms with E-state index in [9.17, 15) is 9.18 Å². The largest absolute Gasteiger partial charge is 0.448 e. The van der Waals surface area contributed by atoms with E-state index in [4.69, 9.17) is 9.47 Å². The first-order valence-electron chi connectivity index (χ1n) is 9.76. The summed E-state index contributed by atoms with van der Waals surface area (Å²) in [6, 6.07) is 11.8. The third-order valence-corrected chi connectivity index (χ3v) is 5.21. The van der Waals surface area contributed by atoms with Crippen LogP contribution in [-0.2, 0) is 11.3 Å². The van der Waals surface area contributed by atoms with Crippen molar-refractivity contribution in [2.75, 3.05) is 18.9 Å². The van der Waals surface area contributed by atoms with Crippen LogP contribution in [0.4, 0.5) is 10.1 Å². The zero-order valence-electron chi connectivity index (χ0n) is 16.0. The van der Waals surface area contributed by atoms with E-state index >= 15 is 0 Å². The molecule has 4 rings (SSSR count). The van der Waals surface area contributed by atoms with Crippen LogP contribution >= 0.6 is 0 Å². The van der Waals surface area contributed by atoms with Gasteiger partial charge >= 0.3 is 0 Å². The Morgan fingerprint density at radius 1 is 1.07 bits per heavy atom. The lowest BCUT2D eigenvalue weighted by molar-refractivity contribution is -0.117. The van der Waals surface area contributed by atoms with Gasteiger partial charge in [-0.1, -0.05) is 18.6 Å². The van der Waals surface area contributed by atoms with Gasteiger partial charge in [0.1, 0.15) is 5.82 Å². The van der Waals surface area contributed by atoms with Crippen molar-refractivity contribution in [1.82, 2.24) is 4.90 Å². The van der Waals surface area contributed by atoms with Crippen LogP contribution in [0.15, 0.2) is 42.5 Å². The normalized spacial score (nSPS) is 17.1. The molecule has 2 aromatic carbocycles. The lowest BCUT2D eigenvalue weighted by Gasteiger charge is -2.31. The Morgan fingerprint density at radius 2 is 1.79 bits per heavy atom. The molecular formula is C22H25FN2O3. The first kappa shape index (κ1) is 18.7. The number of nitrogens with one attached hydrogen (secondary N) is 1. The van der Waals surface area contributed by atoms with E-state index in [0.29, 0.717) is 18.0 Å². The second-order valence-corrected chi connectivity index (χ2v) is 7.68. The lowest BCUT2D eigenvalue weighted by atomic mass is 9.94. The molecule has 1 heterocycles. The van der Waals surface area contributed by atoms with Crippen molar-refractivity contribution in [1.29, 1.82) is 0 Å². The Bertz CT molecular complexity index is 847. The van der Waals surface area contributed by atoms with E-state index in [1.165, 1.54) is 18.6 Å². The maximum absolute atomic E-state index is 13.0. The second-order valence-electron chi connectivity index (χ2n) is 7.68. The Kier molecular flexibility index (Phi) is 5.22. The number of fused-ring (bicyclic) bond motifs is 1. The first-order chi connectivity index (χ1) is 13.5. The highest BCUT2D eigenvalue weighted by molar-refractivity contribution is 5.92. The predicted molar refractivity (Wildman–Crippen MR) is 105 cm³/mol. The Labute approximate surface area is 164 Å². The third kappa shape index (κ3) is 4.28.